The number of nitrogens with zero attached hydrogens (tertiary/aromatic N) is 2. The van der Waals surface area contributed by atoms with Gasteiger partial charge in [0.25, 0.3) is 5.91 Å². The molecule has 1 N–H and O–H groups in total. The van der Waals surface area contributed by atoms with Crippen LogP contribution in [0.3, 0.4) is 0 Å². The number of hydrogen-bond acceptors (Lipinski definition) is 6. The number of anilines is 1. The molecule has 0 bridgehead atoms. The molecule has 0 spiro atoms. The number of carbonyl (C=O) groups excluding carboxylic acids is 1. The molecule has 2 aromatic rings. The van der Waals surface area contributed by atoms with Crippen LogP contribution < -0.4 is 10.1 Å². The molecule has 0 atom stereocenters. The lowest BCUT2D eigenvalue weighted by atomic mass is 10.2. The Morgan fingerprint density at radius 1 is 1.41 bits per heavy atom. The second-order valence-corrected chi connectivity index (χ2v) is 10.2. The molecule has 2 heterocycles. The Kier molecular flexibility index (Phi) is 4.87. The van der Waals surface area contributed by atoms with Crippen molar-refractivity contribution in [2.75, 3.05) is 19.0 Å². The molecule has 1 aliphatic carbocycles. The van der Waals surface area contributed by atoms with E-state index in [9.17, 15) is 13.2 Å². The minimum absolute atomic E-state index is 0.221. The topological polar surface area (TPSA) is 88.6 Å². The lowest BCUT2D eigenvalue weighted by Crippen LogP contribution is -2.37. The molecule has 10 heteroatoms. The van der Waals surface area contributed by atoms with E-state index in [2.05, 4.69) is 10.3 Å². The van der Waals surface area contributed by atoms with Gasteiger partial charge in [0.15, 0.2) is 5.13 Å². The van der Waals surface area contributed by atoms with Gasteiger partial charge in [0, 0.05) is 29.4 Å². The van der Waals surface area contributed by atoms with E-state index in [1.54, 1.807) is 12.1 Å². The van der Waals surface area contributed by atoms with E-state index < -0.39 is 10.0 Å². The minimum atomic E-state index is -3.21. The summed E-state index contributed by atoms with van der Waals surface area (Å²) >= 11 is 7.29. The summed E-state index contributed by atoms with van der Waals surface area (Å²) < 4.78 is 31.6. The Morgan fingerprint density at radius 3 is 2.89 bits per heavy atom. The van der Waals surface area contributed by atoms with E-state index in [4.69, 9.17) is 16.3 Å². The van der Waals surface area contributed by atoms with Crippen LogP contribution in [0.25, 0.3) is 0 Å². The number of fused-ring (bicyclic) bond motifs is 1. The van der Waals surface area contributed by atoms with Gasteiger partial charge in [-0.25, -0.2) is 13.4 Å². The molecule has 27 heavy (non-hydrogen) atoms. The summed E-state index contributed by atoms with van der Waals surface area (Å²) in [6.07, 6.45) is 2.04. The van der Waals surface area contributed by atoms with Crippen LogP contribution in [0.1, 0.15) is 33.8 Å². The summed E-state index contributed by atoms with van der Waals surface area (Å²) in [6, 6.07) is 4.81. The molecule has 7 nitrogen and oxygen atoms in total. The molecule has 4 rings (SSSR count). The molecule has 2 aliphatic rings. The van der Waals surface area contributed by atoms with E-state index >= 15 is 0 Å². The maximum atomic E-state index is 12.6. The SMILES string of the molecule is COc1ccc(Cl)cc1C(=O)Nc1nc2c(s1)CN(S(=O)(=O)C1CC1)CC2. The molecule has 144 valence electrons. The third kappa shape index (κ3) is 3.69. The van der Waals surface area contributed by atoms with Crippen molar-refractivity contribution in [1.29, 1.82) is 0 Å². The zero-order valence-corrected chi connectivity index (χ0v) is 17.0. The number of methoxy groups -OCH3 is 1. The number of ether oxygens (including phenoxy) is 1. The van der Waals surface area contributed by atoms with Gasteiger partial charge in [-0.3, -0.25) is 10.1 Å². The van der Waals surface area contributed by atoms with Crippen molar-refractivity contribution in [1.82, 2.24) is 9.29 Å². The number of nitrogens with one attached hydrogen (secondary N) is 1. The van der Waals surface area contributed by atoms with Crippen molar-refractivity contribution < 1.29 is 17.9 Å². The third-order valence-corrected chi connectivity index (χ3v) is 8.21. The summed E-state index contributed by atoms with van der Waals surface area (Å²) in [5, 5.41) is 3.42. The number of thiazole rings is 1. The number of sulfonamides is 1. The minimum Gasteiger partial charge on any atom is -0.496 e. The highest BCUT2D eigenvalue weighted by molar-refractivity contribution is 7.90. The smallest absolute Gasteiger partial charge is 0.261 e. The van der Waals surface area contributed by atoms with Gasteiger partial charge >= 0.3 is 0 Å². The molecule has 1 aromatic heterocycles. The van der Waals surface area contributed by atoms with Crippen LogP contribution in [0.4, 0.5) is 5.13 Å². The molecule has 1 amide bonds. The summed E-state index contributed by atoms with van der Waals surface area (Å²) in [6.45, 7) is 0.757. The molecule has 1 fully saturated rings. The van der Waals surface area contributed by atoms with E-state index in [0.717, 1.165) is 23.4 Å². The predicted molar refractivity (Wildman–Crippen MR) is 104 cm³/mol. The number of carbonyl (C=O) groups is 1. The van der Waals surface area contributed by atoms with Gasteiger partial charge in [-0.15, -0.1) is 11.3 Å². The second-order valence-electron chi connectivity index (χ2n) is 6.52. The van der Waals surface area contributed by atoms with Crippen LogP contribution >= 0.6 is 22.9 Å². The lowest BCUT2D eigenvalue weighted by molar-refractivity contribution is 0.102. The van der Waals surface area contributed by atoms with Crippen LogP contribution in [-0.4, -0.2) is 42.5 Å². The molecular weight excluding hydrogens is 410 g/mol. The van der Waals surface area contributed by atoms with Gasteiger partial charge in [-0.2, -0.15) is 4.31 Å². The van der Waals surface area contributed by atoms with Gasteiger partial charge < -0.3 is 4.74 Å². The number of benzene rings is 1. The Morgan fingerprint density at radius 2 is 2.19 bits per heavy atom. The zero-order valence-electron chi connectivity index (χ0n) is 14.6. The van der Waals surface area contributed by atoms with Gasteiger partial charge in [-0.05, 0) is 31.0 Å². The quantitative estimate of drug-likeness (QED) is 0.792. The summed E-state index contributed by atoms with van der Waals surface area (Å²) in [5.41, 5.74) is 1.16. The Hall–Kier alpha value is -1.68. The van der Waals surface area contributed by atoms with Crippen LogP contribution in [-0.2, 0) is 23.0 Å². The molecule has 1 aliphatic heterocycles. The van der Waals surface area contributed by atoms with E-state index in [1.807, 2.05) is 0 Å². The standard InChI is InChI=1S/C17H18ClN3O4S2/c1-25-14-5-2-10(18)8-12(14)16(22)20-17-19-13-6-7-21(9-15(13)26-17)27(23,24)11-3-4-11/h2,5,8,11H,3-4,6-7,9H2,1H3,(H,19,20,22). The fourth-order valence-corrected chi connectivity index (χ4v) is 6.12. The molecule has 0 radical (unpaired) electrons. The van der Waals surface area contributed by atoms with Gasteiger partial charge in [0.2, 0.25) is 10.0 Å². The van der Waals surface area contributed by atoms with Gasteiger partial charge in [0.1, 0.15) is 5.75 Å². The molecule has 0 saturated heterocycles. The average Bonchev–Trinajstić information content (AvgIpc) is 3.42. The first-order valence-electron chi connectivity index (χ1n) is 8.51. The second kappa shape index (κ2) is 7.05. The zero-order chi connectivity index (χ0) is 19.2. The predicted octanol–water partition coefficient (Wildman–Crippen LogP) is 2.91. The van der Waals surface area contributed by atoms with E-state index in [-0.39, 0.29) is 11.2 Å². The number of amides is 1. The van der Waals surface area contributed by atoms with Crippen molar-refractivity contribution in [2.45, 2.75) is 31.1 Å². The largest absolute Gasteiger partial charge is 0.496 e. The van der Waals surface area contributed by atoms with Crippen LogP contribution in [0.2, 0.25) is 5.02 Å². The summed E-state index contributed by atoms with van der Waals surface area (Å²) in [5.74, 6) is 0.0443. The average molecular weight is 428 g/mol. The molecular formula is C17H18ClN3O4S2. The van der Waals surface area contributed by atoms with Crippen LogP contribution in [0.15, 0.2) is 18.2 Å². The van der Waals surface area contributed by atoms with Crippen LogP contribution in [0.5, 0.6) is 5.75 Å². The monoisotopic (exact) mass is 427 g/mol. The number of aromatic nitrogens is 1. The van der Waals surface area contributed by atoms with Crippen molar-refractivity contribution in [3.05, 3.63) is 39.4 Å². The Bertz CT molecular complexity index is 1000. The first-order chi connectivity index (χ1) is 12.9. The number of halogens is 1. The van der Waals surface area contributed by atoms with E-state index in [0.29, 0.717) is 41.0 Å². The first kappa shape index (κ1) is 18.7. The lowest BCUT2D eigenvalue weighted by Gasteiger charge is -2.25. The van der Waals surface area contributed by atoms with Crippen molar-refractivity contribution >= 4 is 44.0 Å². The summed E-state index contributed by atoms with van der Waals surface area (Å²) in [7, 11) is -1.73. The van der Waals surface area contributed by atoms with Gasteiger partial charge in [0.05, 0.1) is 23.6 Å². The Balaban J connectivity index is 1.52. The fraction of sp³-hybridized carbons (Fsp3) is 0.412. The highest BCUT2D eigenvalue weighted by Gasteiger charge is 2.41. The molecule has 1 aromatic carbocycles. The van der Waals surface area contributed by atoms with Crippen LogP contribution in [0, 0.1) is 0 Å². The molecule has 0 unspecified atom stereocenters. The number of rotatable bonds is 5. The van der Waals surface area contributed by atoms with Crippen molar-refractivity contribution in [2.24, 2.45) is 0 Å². The normalized spacial score (nSPS) is 17.4. The van der Waals surface area contributed by atoms with Crippen molar-refractivity contribution in [3.63, 3.8) is 0 Å². The highest BCUT2D eigenvalue weighted by Crippen LogP contribution is 2.36. The third-order valence-electron chi connectivity index (χ3n) is 4.63. The first-order valence-corrected chi connectivity index (χ1v) is 11.2. The maximum absolute atomic E-state index is 12.6. The summed E-state index contributed by atoms with van der Waals surface area (Å²) in [4.78, 5) is 17.9. The van der Waals surface area contributed by atoms with E-state index in [1.165, 1.54) is 28.8 Å². The fourth-order valence-electron chi connectivity index (χ4n) is 3.04. The number of hydrogen-bond donors (Lipinski definition) is 1. The Labute approximate surface area is 166 Å². The maximum Gasteiger partial charge on any atom is 0.261 e. The van der Waals surface area contributed by atoms with Gasteiger partial charge in [-0.1, -0.05) is 11.6 Å². The molecule has 1 saturated carbocycles. The van der Waals surface area contributed by atoms with Crippen molar-refractivity contribution in [3.8, 4) is 5.75 Å². The highest BCUT2D eigenvalue weighted by atomic mass is 35.5.